The van der Waals surface area contributed by atoms with Crippen LogP contribution in [-0.4, -0.2) is 24.4 Å². The number of halogens is 3. The third-order valence-electron chi connectivity index (χ3n) is 1.74. The first-order valence-electron chi connectivity index (χ1n) is 4.29. The second kappa shape index (κ2) is 10.6. The summed E-state index contributed by atoms with van der Waals surface area (Å²) in [6.07, 6.45) is -0.684. The fourth-order valence-electron chi connectivity index (χ4n) is 0.930. The maximum Gasteiger partial charge on any atom is 0.144 e. The summed E-state index contributed by atoms with van der Waals surface area (Å²) in [6.45, 7) is 0.270. The fraction of sp³-hybridized carbons (Fsp3) is 0.333. The van der Waals surface area contributed by atoms with Gasteiger partial charge in [0.25, 0.3) is 0 Å². The number of rotatable bonds is 4. The van der Waals surface area contributed by atoms with Crippen molar-refractivity contribution >= 4 is 48.6 Å². The lowest BCUT2D eigenvalue weighted by molar-refractivity contribution is 0.114. The predicted octanol–water partition coefficient (Wildman–Crippen LogP) is 0.815. The van der Waals surface area contributed by atoms with E-state index in [1.807, 2.05) is 0 Å². The van der Waals surface area contributed by atoms with Crippen LogP contribution in [0.15, 0.2) is 18.2 Å². The van der Waals surface area contributed by atoms with Gasteiger partial charge in [-0.2, -0.15) is 0 Å². The zero-order valence-electron chi connectivity index (χ0n) is 9.04. The van der Waals surface area contributed by atoms with Gasteiger partial charge in [0.1, 0.15) is 18.5 Å². The minimum absolute atomic E-state index is 0. The van der Waals surface area contributed by atoms with Gasteiger partial charge < -0.3 is 27.0 Å². The van der Waals surface area contributed by atoms with Crippen molar-refractivity contribution in [1.29, 1.82) is 0 Å². The van der Waals surface area contributed by atoms with Crippen LogP contribution >= 0.6 is 37.2 Å². The van der Waals surface area contributed by atoms with Crippen molar-refractivity contribution in [2.75, 3.05) is 24.6 Å². The van der Waals surface area contributed by atoms with Gasteiger partial charge >= 0.3 is 0 Å². The molecule has 1 aromatic rings. The lowest BCUT2D eigenvalue weighted by atomic mass is 10.2. The molecule has 0 bridgehead atoms. The van der Waals surface area contributed by atoms with Crippen LogP contribution in [0.2, 0.25) is 0 Å². The minimum atomic E-state index is -0.684. The Morgan fingerprint density at radius 2 is 1.76 bits per heavy atom. The highest BCUT2D eigenvalue weighted by Crippen LogP contribution is 2.23. The Labute approximate surface area is 119 Å². The van der Waals surface area contributed by atoms with Gasteiger partial charge in [0.15, 0.2) is 0 Å². The van der Waals surface area contributed by atoms with Gasteiger partial charge in [-0.25, -0.2) is 0 Å². The third kappa shape index (κ3) is 7.36. The zero-order valence-corrected chi connectivity index (χ0v) is 11.5. The number of benzene rings is 1. The molecule has 102 valence electrons. The smallest absolute Gasteiger partial charge is 0.144 e. The van der Waals surface area contributed by atoms with Crippen LogP contribution in [0, 0.1) is 0 Å². The molecule has 0 aromatic heterocycles. The number of ether oxygens (including phenoxy) is 1. The number of nitrogen functional groups attached to an aromatic ring is 2. The molecule has 0 radical (unpaired) electrons. The average molecular weight is 307 g/mol. The topological polar surface area (TPSA) is 108 Å². The Morgan fingerprint density at radius 1 is 1.18 bits per heavy atom. The van der Waals surface area contributed by atoms with E-state index in [0.717, 1.165) is 0 Å². The first kappa shape index (κ1) is 21.7. The fourth-order valence-corrected chi connectivity index (χ4v) is 0.930. The molecule has 0 spiro atoms. The van der Waals surface area contributed by atoms with Crippen molar-refractivity contribution in [1.82, 2.24) is 0 Å². The van der Waals surface area contributed by atoms with Gasteiger partial charge in [0.2, 0.25) is 0 Å². The number of nitrogens with two attached hydrogens (primary N) is 3. The SMILES string of the molecule is Cl.Cl.Cl.NCC(O)COc1cc(N)ccc1N. The van der Waals surface area contributed by atoms with E-state index in [1.165, 1.54) is 0 Å². The summed E-state index contributed by atoms with van der Waals surface area (Å²) in [5, 5.41) is 9.16. The second-order valence-electron chi connectivity index (χ2n) is 3.00. The summed E-state index contributed by atoms with van der Waals surface area (Å²) in [7, 11) is 0. The molecule has 0 aliphatic carbocycles. The largest absolute Gasteiger partial charge is 0.489 e. The van der Waals surface area contributed by atoms with E-state index >= 15 is 0 Å². The quantitative estimate of drug-likeness (QED) is 0.616. The lowest BCUT2D eigenvalue weighted by Gasteiger charge is -2.12. The van der Waals surface area contributed by atoms with Crippen LogP contribution in [0.5, 0.6) is 5.75 Å². The van der Waals surface area contributed by atoms with Crippen molar-refractivity contribution in [3.63, 3.8) is 0 Å². The summed E-state index contributed by atoms with van der Waals surface area (Å²) in [6, 6.07) is 4.94. The molecule has 1 atom stereocenters. The number of anilines is 2. The molecule has 8 heteroatoms. The Kier molecular flexibility index (Phi) is 13.5. The monoisotopic (exact) mass is 305 g/mol. The van der Waals surface area contributed by atoms with E-state index in [-0.39, 0.29) is 50.4 Å². The van der Waals surface area contributed by atoms with Crippen LogP contribution in [0.25, 0.3) is 0 Å². The second-order valence-corrected chi connectivity index (χ2v) is 3.00. The molecular formula is C9H18Cl3N3O2. The molecule has 0 saturated heterocycles. The molecule has 1 aromatic carbocycles. The summed E-state index contributed by atoms with van der Waals surface area (Å²) in [4.78, 5) is 0. The molecule has 0 saturated carbocycles. The van der Waals surface area contributed by atoms with Crippen LogP contribution in [-0.2, 0) is 0 Å². The molecule has 7 N–H and O–H groups in total. The highest BCUT2D eigenvalue weighted by molar-refractivity contribution is 5.86. The van der Waals surface area contributed by atoms with E-state index in [2.05, 4.69) is 0 Å². The molecule has 5 nitrogen and oxygen atoms in total. The van der Waals surface area contributed by atoms with Crippen molar-refractivity contribution in [3.8, 4) is 5.75 Å². The minimum Gasteiger partial charge on any atom is -0.489 e. The number of aliphatic hydroxyl groups is 1. The number of aliphatic hydroxyl groups excluding tert-OH is 1. The summed E-state index contributed by atoms with van der Waals surface area (Å²) < 4.78 is 5.24. The van der Waals surface area contributed by atoms with Crippen molar-refractivity contribution in [2.24, 2.45) is 5.73 Å². The Balaban J connectivity index is -0.000000653. The first-order chi connectivity index (χ1) is 6.63. The van der Waals surface area contributed by atoms with E-state index < -0.39 is 6.10 Å². The molecular weight excluding hydrogens is 288 g/mol. The molecule has 17 heavy (non-hydrogen) atoms. The molecule has 1 unspecified atom stereocenters. The van der Waals surface area contributed by atoms with E-state index in [4.69, 9.17) is 27.0 Å². The molecule has 0 aliphatic rings. The van der Waals surface area contributed by atoms with Crippen molar-refractivity contribution in [3.05, 3.63) is 18.2 Å². The van der Waals surface area contributed by atoms with Crippen molar-refractivity contribution in [2.45, 2.75) is 6.10 Å². The van der Waals surface area contributed by atoms with Crippen LogP contribution in [0.4, 0.5) is 11.4 Å². The number of hydrogen-bond donors (Lipinski definition) is 4. The molecule has 1 rings (SSSR count). The van der Waals surface area contributed by atoms with Crippen molar-refractivity contribution < 1.29 is 9.84 Å². The highest BCUT2D eigenvalue weighted by Gasteiger charge is 2.05. The highest BCUT2D eigenvalue weighted by atomic mass is 35.5. The van der Waals surface area contributed by atoms with Gasteiger partial charge in [-0.05, 0) is 12.1 Å². The van der Waals surface area contributed by atoms with E-state index in [9.17, 15) is 0 Å². The summed E-state index contributed by atoms with van der Waals surface area (Å²) in [5.41, 5.74) is 17.4. The predicted molar refractivity (Wildman–Crippen MR) is 77.6 cm³/mol. The lowest BCUT2D eigenvalue weighted by Crippen LogP contribution is -2.26. The van der Waals surface area contributed by atoms with Gasteiger partial charge in [-0.1, -0.05) is 0 Å². The maximum atomic E-state index is 9.16. The average Bonchev–Trinajstić information content (AvgIpc) is 2.19. The normalized spacial score (nSPS) is 10.2. The van der Waals surface area contributed by atoms with E-state index in [0.29, 0.717) is 17.1 Å². The molecule has 0 heterocycles. The third-order valence-corrected chi connectivity index (χ3v) is 1.74. The molecule has 0 amide bonds. The summed E-state index contributed by atoms with van der Waals surface area (Å²) >= 11 is 0. The van der Waals surface area contributed by atoms with Gasteiger partial charge in [0.05, 0.1) is 5.69 Å². The zero-order chi connectivity index (χ0) is 10.6. The van der Waals surface area contributed by atoms with Gasteiger partial charge in [-0.3, -0.25) is 0 Å². The summed E-state index contributed by atoms with van der Waals surface area (Å²) in [5.74, 6) is 0.470. The number of hydrogen-bond acceptors (Lipinski definition) is 5. The standard InChI is InChI=1S/C9H15N3O2.3ClH/c10-4-7(13)5-14-9-3-6(11)1-2-8(9)12;;;/h1-3,7,13H,4-5,10-12H2;3*1H. The Bertz CT molecular complexity index is 316. The Morgan fingerprint density at radius 3 is 2.29 bits per heavy atom. The molecule has 0 fully saturated rings. The van der Waals surface area contributed by atoms with Gasteiger partial charge in [0, 0.05) is 18.3 Å². The van der Waals surface area contributed by atoms with E-state index in [1.54, 1.807) is 18.2 Å². The Hall–Kier alpha value is -0.590. The van der Waals surface area contributed by atoms with Crippen LogP contribution in [0.3, 0.4) is 0 Å². The maximum absolute atomic E-state index is 9.16. The molecule has 0 aliphatic heterocycles. The van der Waals surface area contributed by atoms with Crippen LogP contribution < -0.4 is 21.9 Å². The van der Waals surface area contributed by atoms with Crippen LogP contribution in [0.1, 0.15) is 0 Å². The first-order valence-corrected chi connectivity index (χ1v) is 4.29. The van der Waals surface area contributed by atoms with Gasteiger partial charge in [-0.15, -0.1) is 37.2 Å².